The molecule has 0 aliphatic heterocycles. The van der Waals surface area contributed by atoms with Crippen LogP contribution in [0.15, 0.2) is 60.9 Å². The van der Waals surface area contributed by atoms with Gasteiger partial charge in [0.2, 0.25) is 0 Å². The average Bonchev–Trinajstić information content (AvgIpc) is 3.23. The predicted octanol–water partition coefficient (Wildman–Crippen LogP) is 3.45. The molecule has 3 aromatic heterocycles. The van der Waals surface area contributed by atoms with Crippen LogP contribution in [0.3, 0.4) is 0 Å². The van der Waals surface area contributed by atoms with E-state index in [4.69, 9.17) is 15.0 Å². The van der Waals surface area contributed by atoms with Crippen molar-refractivity contribution in [2.75, 3.05) is 23.4 Å². The normalized spacial score (nSPS) is 10.6. The van der Waals surface area contributed by atoms with E-state index >= 15 is 0 Å². The number of benzene rings is 1. The molecule has 1 N–H and O–H groups in total. The van der Waals surface area contributed by atoms with Gasteiger partial charge >= 0.3 is 5.97 Å². The number of aromatic nitrogens is 4. The second-order valence-corrected chi connectivity index (χ2v) is 7.89. The zero-order chi connectivity index (χ0) is 25.5. The maximum atomic E-state index is 13.5. The van der Waals surface area contributed by atoms with E-state index in [-0.39, 0.29) is 31.4 Å². The van der Waals surface area contributed by atoms with Gasteiger partial charge in [0.15, 0.2) is 0 Å². The summed E-state index contributed by atoms with van der Waals surface area (Å²) in [6.45, 7) is 2.58. The van der Waals surface area contributed by atoms with Crippen molar-refractivity contribution in [3.8, 4) is 6.07 Å². The van der Waals surface area contributed by atoms with E-state index in [0.29, 0.717) is 34.8 Å². The summed E-state index contributed by atoms with van der Waals surface area (Å²) in [7, 11) is 1.90. The fraction of sp³-hybridized carbons (Fsp3) is 0.231. The number of nitriles is 1. The molecule has 3 heterocycles. The van der Waals surface area contributed by atoms with E-state index in [0.717, 1.165) is 11.3 Å². The summed E-state index contributed by atoms with van der Waals surface area (Å²) >= 11 is 0. The van der Waals surface area contributed by atoms with Crippen molar-refractivity contribution in [1.82, 2.24) is 19.5 Å². The molecule has 1 aromatic carbocycles. The maximum Gasteiger partial charge on any atom is 0.307 e. The highest BCUT2D eigenvalue weighted by Crippen LogP contribution is 2.21. The van der Waals surface area contributed by atoms with E-state index in [1.54, 1.807) is 55.6 Å². The minimum Gasteiger partial charge on any atom is -0.466 e. The number of aryl methyl sites for hydroxylation is 1. The molecule has 0 atom stereocenters. The van der Waals surface area contributed by atoms with Crippen molar-refractivity contribution >= 4 is 34.5 Å². The van der Waals surface area contributed by atoms with E-state index in [1.165, 1.54) is 11.1 Å². The Hall–Kier alpha value is -4.78. The Morgan fingerprint density at radius 3 is 2.72 bits per heavy atom. The first-order valence-corrected chi connectivity index (χ1v) is 11.4. The highest BCUT2D eigenvalue weighted by molar-refractivity contribution is 6.07. The molecular formula is C26H25N7O3. The van der Waals surface area contributed by atoms with Crippen LogP contribution in [0.25, 0.3) is 11.0 Å². The van der Waals surface area contributed by atoms with E-state index in [1.807, 2.05) is 23.8 Å². The van der Waals surface area contributed by atoms with Crippen molar-refractivity contribution in [2.45, 2.75) is 19.9 Å². The third kappa shape index (κ3) is 5.47. The van der Waals surface area contributed by atoms with Gasteiger partial charge in [-0.1, -0.05) is 6.07 Å². The summed E-state index contributed by atoms with van der Waals surface area (Å²) in [5.74, 6) is 1.18. The Balaban J connectivity index is 1.55. The van der Waals surface area contributed by atoms with Gasteiger partial charge in [0.1, 0.15) is 23.5 Å². The summed E-state index contributed by atoms with van der Waals surface area (Å²) in [5, 5.41) is 12.1. The number of amides is 1. The molecular weight excluding hydrogens is 458 g/mol. The van der Waals surface area contributed by atoms with E-state index < -0.39 is 0 Å². The summed E-state index contributed by atoms with van der Waals surface area (Å²) in [5.41, 5.74) is 2.46. The molecule has 4 rings (SSSR count). The van der Waals surface area contributed by atoms with Gasteiger partial charge in [-0.05, 0) is 49.4 Å². The molecule has 182 valence electrons. The molecule has 0 aliphatic rings. The summed E-state index contributed by atoms with van der Waals surface area (Å²) in [4.78, 5) is 40.1. The number of esters is 1. The van der Waals surface area contributed by atoms with Gasteiger partial charge in [0.05, 0.1) is 36.2 Å². The van der Waals surface area contributed by atoms with Crippen LogP contribution in [0.4, 0.5) is 11.6 Å². The van der Waals surface area contributed by atoms with Gasteiger partial charge in [-0.25, -0.2) is 15.0 Å². The first-order valence-electron chi connectivity index (χ1n) is 11.4. The lowest BCUT2D eigenvalue weighted by Gasteiger charge is -2.21. The Kier molecular flexibility index (Phi) is 7.51. The molecule has 0 aliphatic carbocycles. The van der Waals surface area contributed by atoms with Gasteiger partial charge in [-0.3, -0.25) is 14.5 Å². The van der Waals surface area contributed by atoms with Crippen molar-refractivity contribution in [3.05, 3.63) is 77.9 Å². The second-order valence-electron chi connectivity index (χ2n) is 7.89. The zero-order valence-electron chi connectivity index (χ0n) is 20.0. The maximum absolute atomic E-state index is 13.5. The number of rotatable bonds is 9. The number of carbonyl (C=O) groups excluding carboxylic acids is 2. The third-order valence-corrected chi connectivity index (χ3v) is 5.56. The molecule has 0 saturated carbocycles. The van der Waals surface area contributed by atoms with Gasteiger partial charge in [0.25, 0.3) is 5.91 Å². The highest BCUT2D eigenvalue weighted by Gasteiger charge is 2.21. The van der Waals surface area contributed by atoms with Crippen molar-refractivity contribution in [3.63, 3.8) is 0 Å². The Bertz CT molecular complexity index is 1410. The molecule has 0 fully saturated rings. The molecule has 0 unspecified atom stereocenters. The van der Waals surface area contributed by atoms with E-state index in [2.05, 4.69) is 15.3 Å². The number of anilines is 2. The number of hydrogen-bond donors (Lipinski definition) is 1. The van der Waals surface area contributed by atoms with Crippen molar-refractivity contribution in [1.29, 1.82) is 5.26 Å². The van der Waals surface area contributed by atoms with Crippen LogP contribution in [-0.4, -0.2) is 44.5 Å². The van der Waals surface area contributed by atoms with Crippen LogP contribution in [0, 0.1) is 11.3 Å². The van der Waals surface area contributed by atoms with Crippen molar-refractivity contribution < 1.29 is 14.3 Å². The van der Waals surface area contributed by atoms with Crippen LogP contribution < -0.4 is 10.2 Å². The molecule has 4 aromatic rings. The van der Waals surface area contributed by atoms with Crippen molar-refractivity contribution in [2.24, 2.45) is 7.05 Å². The molecule has 10 heteroatoms. The number of pyridine rings is 2. The molecule has 0 saturated heterocycles. The van der Waals surface area contributed by atoms with Gasteiger partial charge in [-0.15, -0.1) is 0 Å². The van der Waals surface area contributed by atoms with Gasteiger partial charge in [-0.2, -0.15) is 5.26 Å². The Labute approximate surface area is 208 Å². The monoisotopic (exact) mass is 483 g/mol. The fourth-order valence-electron chi connectivity index (χ4n) is 3.70. The predicted molar refractivity (Wildman–Crippen MR) is 134 cm³/mol. The molecule has 0 spiro atoms. The Morgan fingerprint density at radius 2 is 2.03 bits per heavy atom. The van der Waals surface area contributed by atoms with Gasteiger partial charge in [0, 0.05) is 31.5 Å². The fourth-order valence-corrected chi connectivity index (χ4v) is 3.70. The molecule has 0 bridgehead atoms. The number of carbonyl (C=O) groups is 2. The first-order chi connectivity index (χ1) is 17.5. The smallest absolute Gasteiger partial charge is 0.307 e. The van der Waals surface area contributed by atoms with Crippen LogP contribution in [0.5, 0.6) is 0 Å². The number of nitrogens with zero attached hydrogens (tertiary/aromatic N) is 6. The molecule has 10 nitrogen and oxygen atoms in total. The summed E-state index contributed by atoms with van der Waals surface area (Å²) < 4.78 is 6.96. The topological polar surface area (TPSA) is 126 Å². The lowest BCUT2D eigenvalue weighted by atomic mass is 10.1. The SMILES string of the molecule is CCOC(=O)CCN(C(=O)c1ccc2c(c1)nc(CNc1ccc(C#N)cn1)n2C)c1ccccn1. The number of hydrogen-bond acceptors (Lipinski definition) is 8. The lowest BCUT2D eigenvalue weighted by Crippen LogP contribution is -2.34. The summed E-state index contributed by atoms with van der Waals surface area (Å²) in [6.07, 6.45) is 3.16. The number of imidazole rings is 1. The minimum atomic E-state index is -0.375. The van der Waals surface area contributed by atoms with Crippen LogP contribution in [0.2, 0.25) is 0 Å². The standard InChI is InChI=1S/C26H25N7O3/c1-3-36-25(34)11-13-33(23-6-4-5-12-28-23)26(35)19-8-9-21-20(14-19)31-24(32(21)2)17-30-22-10-7-18(15-27)16-29-22/h4-10,12,14,16H,3,11,13,17H2,1-2H3,(H,29,30). The quantitative estimate of drug-likeness (QED) is 0.359. The van der Waals surface area contributed by atoms with E-state index in [9.17, 15) is 9.59 Å². The summed E-state index contributed by atoms with van der Waals surface area (Å²) in [6, 6.07) is 16.1. The number of ether oxygens (including phenoxy) is 1. The largest absolute Gasteiger partial charge is 0.466 e. The lowest BCUT2D eigenvalue weighted by molar-refractivity contribution is -0.142. The minimum absolute atomic E-state index is 0.0567. The second kappa shape index (κ2) is 11.1. The number of fused-ring (bicyclic) bond motifs is 1. The van der Waals surface area contributed by atoms with Crippen LogP contribution in [-0.2, 0) is 23.1 Å². The zero-order valence-corrected chi connectivity index (χ0v) is 20.0. The van der Waals surface area contributed by atoms with Gasteiger partial charge < -0.3 is 14.6 Å². The van der Waals surface area contributed by atoms with Crippen LogP contribution >= 0.6 is 0 Å². The molecule has 1 amide bonds. The third-order valence-electron chi connectivity index (χ3n) is 5.56. The molecule has 36 heavy (non-hydrogen) atoms. The first kappa shape index (κ1) is 24.3. The Morgan fingerprint density at radius 1 is 1.17 bits per heavy atom. The number of nitrogens with one attached hydrogen (secondary N) is 1. The average molecular weight is 484 g/mol. The van der Waals surface area contributed by atoms with Crippen LogP contribution in [0.1, 0.15) is 35.1 Å². The highest BCUT2D eigenvalue weighted by atomic mass is 16.5. The molecule has 0 radical (unpaired) electrons.